The highest BCUT2D eigenvalue weighted by molar-refractivity contribution is 7.09. The van der Waals surface area contributed by atoms with Gasteiger partial charge in [-0.3, -0.25) is 9.59 Å². The summed E-state index contributed by atoms with van der Waals surface area (Å²) in [6.07, 6.45) is 8.00. The van der Waals surface area contributed by atoms with Gasteiger partial charge >= 0.3 is 0 Å². The standard InChI is InChI=1S/C26H33N5O2S/c32-24(16-20-17-28-22-7-3-2-6-21(20)22)31-13-8-19(9-14-31)26-29-23(18-34-26)25(33)27-10-15-30-11-4-1-5-12-30/h2-3,6-7,17-19,28H,1,4-5,8-16H2,(H,27,33). The van der Waals surface area contributed by atoms with Crippen molar-refractivity contribution in [1.29, 1.82) is 0 Å². The number of para-hydroxylation sites is 1. The maximum absolute atomic E-state index is 12.9. The van der Waals surface area contributed by atoms with Crippen molar-refractivity contribution in [3.05, 3.63) is 52.1 Å². The normalized spacial score (nSPS) is 17.8. The Labute approximate surface area is 204 Å². The molecule has 0 radical (unpaired) electrons. The number of aromatic nitrogens is 2. The minimum absolute atomic E-state index is 0.0779. The van der Waals surface area contributed by atoms with Crippen molar-refractivity contribution >= 4 is 34.1 Å². The van der Waals surface area contributed by atoms with Crippen molar-refractivity contribution in [2.45, 2.75) is 44.4 Å². The number of piperidine rings is 2. The summed E-state index contributed by atoms with van der Waals surface area (Å²) in [7, 11) is 0. The zero-order chi connectivity index (χ0) is 23.3. The second-order valence-electron chi connectivity index (χ2n) is 9.42. The van der Waals surface area contributed by atoms with Crippen LogP contribution in [0.15, 0.2) is 35.8 Å². The largest absolute Gasteiger partial charge is 0.361 e. The van der Waals surface area contributed by atoms with Crippen LogP contribution in [-0.2, 0) is 11.2 Å². The van der Waals surface area contributed by atoms with E-state index in [1.807, 2.05) is 34.7 Å². The van der Waals surface area contributed by atoms with Crippen LogP contribution in [-0.4, -0.2) is 70.9 Å². The third-order valence-corrected chi connectivity index (χ3v) is 8.14. The summed E-state index contributed by atoms with van der Waals surface area (Å²) in [6, 6.07) is 8.10. The summed E-state index contributed by atoms with van der Waals surface area (Å²) < 4.78 is 0. The number of thiazole rings is 1. The molecule has 3 aromatic rings. The maximum atomic E-state index is 12.9. The molecule has 2 aliphatic rings. The number of amides is 2. The van der Waals surface area contributed by atoms with Crippen molar-refractivity contribution in [2.24, 2.45) is 0 Å². The molecule has 5 rings (SSSR count). The van der Waals surface area contributed by atoms with Gasteiger partial charge in [0.25, 0.3) is 5.91 Å². The summed E-state index contributed by atoms with van der Waals surface area (Å²) >= 11 is 1.57. The van der Waals surface area contributed by atoms with Crippen molar-refractivity contribution in [3.63, 3.8) is 0 Å². The minimum Gasteiger partial charge on any atom is -0.361 e. The van der Waals surface area contributed by atoms with E-state index in [1.54, 1.807) is 11.3 Å². The van der Waals surface area contributed by atoms with Crippen LogP contribution in [0.25, 0.3) is 10.9 Å². The molecule has 2 amide bonds. The number of carbonyl (C=O) groups is 2. The molecule has 7 nitrogen and oxygen atoms in total. The SMILES string of the molecule is O=C(NCCN1CCCCC1)c1csc(C2CCN(C(=O)Cc3c[nH]c4ccccc34)CC2)n1. The molecule has 4 heterocycles. The monoisotopic (exact) mass is 479 g/mol. The Balaban J connectivity index is 1.09. The number of likely N-dealkylation sites (tertiary alicyclic amines) is 2. The number of hydrogen-bond acceptors (Lipinski definition) is 5. The lowest BCUT2D eigenvalue weighted by Crippen LogP contribution is -2.38. The quantitative estimate of drug-likeness (QED) is 0.540. The number of fused-ring (bicyclic) bond motifs is 1. The molecule has 34 heavy (non-hydrogen) atoms. The Morgan fingerprint density at radius 3 is 2.71 bits per heavy atom. The van der Waals surface area contributed by atoms with Gasteiger partial charge in [-0.1, -0.05) is 24.6 Å². The molecule has 0 spiro atoms. The fourth-order valence-electron chi connectivity index (χ4n) is 5.11. The summed E-state index contributed by atoms with van der Waals surface area (Å²) in [5, 5.41) is 7.04. The number of H-pyrrole nitrogens is 1. The highest BCUT2D eigenvalue weighted by Gasteiger charge is 2.26. The molecule has 0 saturated carbocycles. The van der Waals surface area contributed by atoms with Crippen LogP contribution in [0, 0.1) is 0 Å². The Kier molecular flexibility index (Phi) is 7.25. The van der Waals surface area contributed by atoms with E-state index in [0.717, 1.165) is 67.0 Å². The Morgan fingerprint density at radius 1 is 1.09 bits per heavy atom. The van der Waals surface area contributed by atoms with Crippen LogP contribution in [0.1, 0.15) is 59.1 Å². The molecule has 2 saturated heterocycles. The first-order valence-electron chi connectivity index (χ1n) is 12.5. The van der Waals surface area contributed by atoms with Gasteiger partial charge in [0.2, 0.25) is 5.91 Å². The van der Waals surface area contributed by atoms with E-state index in [1.165, 1.54) is 19.3 Å². The molecule has 0 unspecified atom stereocenters. The summed E-state index contributed by atoms with van der Waals surface area (Å²) in [5.41, 5.74) is 2.65. The number of benzene rings is 1. The molecule has 2 N–H and O–H groups in total. The molecule has 0 atom stereocenters. The van der Waals surface area contributed by atoms with Crippen LogP contribution >= 0.6 is 11.3 Å². The zero-order valence-corrected chi connectivity index (χ0v) is 20.4. The van der Waals surface area contributed by atoms with E-state index in [4.69, 9.17) is 0 Å². The number of rotatable bonds is 7. The lowest BCUT2D eigenvalue weighted by molar-refractivity contribution is -0.131. The lowest BCUT2D eigenvalue weighted by Gasteiger charge is -2.31. The predicted octanol–water partition coefficient (Wildman–Crippen LogP) is 3.79. The molecule has 2 aromatic heterocycles. The first kappa shape index (κ1) is 23.1. The van der Waals surface area contributed by atoms with Crippen LogP contribution in [0.4, 0.5) is 0 Å². The average molecular weight is 480 g/mol. The van der Waals surface area contributed by atoms with Gasteiger partial charge in [0, 0.05) is 54.6 Å². The molecule has 2 fully saturated rings. The van der Waals surface area contributed by atoms with E-state index in [-0.39, 0.29) is 11.8 Å². The van der Waals surface area contributed by atoms with Crippen molar-refractivity contribution in [3.8, 4) is 0 Å². The fourth-order valence-corrected chi connectivity index (χ4v) is 6.08. The molecule has 8 heteroatoms. The zero-order valence-electron chi connectivity index (χ0n) is 19.6. The van der Waals surface area contributed by atoms with Crippen LogP contribution < -0.4 is 5.32 Å². The summed E-state index contributed by atoms with van der Waals surface area (Å²) in [5.74, 6) is 0.416. The number of hydrogen-bond donors (Lipinski definition) is 2. The van der Waals surface area contributed by atoms with E-state index >= 15 is 0 Å². The molecular formula is C26H33N5O2S. The van der Waals surface area contributed by atoms with E-state index in [0.29, 0.717) is 24.6 Å². The third kappa shape index (κ3) is 5.33. The van der Waals surface area contributed by atoms with Gasteiger partial charge in [0.15, 0.2) is 0 Å². The van der Waals surface area contributed by atoms with Crippen molar-refractivity contribution < 1.29 is 9.59 Å². The number of nitrogens with one attached hydrogen (secondary N) is 2. The first-order valence-corrected chi connectivity index (χ1v) is 13.3. The van der Waals surface area contributed by atoms with Crippen molar-refractivity contribution in [1.82, 2.24) is 25.1 Å². The lowest BCUT2D eigenvalue weighted by atomic mass is 9.97. The molecule has 180 valence electrons. The number of nitrogens with zero attached hydrogens (tertiary/aromatic N) is 3. The van der Waals surface area contributed by atoms with E-state index < -0.39 is 0 Å². The van der Waals surface area contributed by atoms with Crippen LogP contribution in [0.2, 0.25) is 0 Å². The molecule has 0 bridgehead atoms. The van der Waals surface area contributed by atoms with Gasteiger partial charge in [-0.25, -0.2) is 4.98 Å². The summed E-state index contributed by atoms with van der Waals surface area (Å²) in [6.45, 7) is 5.33. The molecular weight excluding hydrogens is 446 g/mol. The van der Waals surface area contributed by atoms with E-state index in [2.05, 4.69) is 26.3 Å². The predicted molar refractivity (Wildman–Crippen MR) is 135 cm³/mol. The second kappa shape index (κ2) is 10.7. The van der Waals surface area contributed by atoms with Crippen LogP contribution in [0.3, 0.4) is 0 Å². The smallest absolute Gasteiger partial charge is 0.270 e. The van der Waals surface area contributed by atoms with Gasteiger partial charge in [-0.2, -0.15) is 0 Å². The molecule has 1 aromatic carbocycles. The Bertz CT molecular complexity index is 1130. The third-order valence-electron chi connectivity index (χ3n) is 7.13. The molecule has 0 aliphatic carbocycles. The fraction of sp³-hybridized carbons (Fsp3) is 0.500. The molecule has 2 aliphatic heterocycles. The topological polar surface area (TPSA) is 81.3 Å². The second-order valence-corrected chi connectivity index (χ2v) is 10.3. The van der Waals surface area contributed by atoms with Gasteiger partial charge in [-0.15, -0.1) is 11.3 Å². The summed E-state index contributed by atoms with van der Waals surface area (Å²) in [4.78, 5) is 37.7. The Morgan fingerprint density at radius 2 is 1.88 bits per heavy atom. The highest BCUT2D eigenvalue weighted by atomic mass is 32.1. The van der Waals surface area contributed by atoms with E-state index in [9.17, 15) is 9.59 Å². The average Bonchev–Trinajstić information content (AvgIpc) is 3.53. The van der Waals surface area contributed by atoms with Crippen molar-refractivity contribution in [2.75, 3.05) is 39.3 Å². The Hall–Kier alpha value is -2.71. The maximum Gasteiger partial charge on any atom is 0.270 e. The van der Waals surface area contributed by atoms with Gasteiger partial charge in [-0.05, 0) is 50.4 Å². The highest BCUT2D eigenvalue weighted by Crippen LogP contribution is 2.31. The number of carbonyl (C=O) groups excluding carboxylic acids is 2. The van der Waals surface area contributed by atoms with Crippen LogP contribution in [0.5, 0.6) is 0 Å². The number of aromatic amines is 1. The van der Waals surface area contributed by atoms with Gasteiger partial charge in [0.1, 0.15) is 5.69 Å². The van der Waals surface area contributed by atoms with Gasteiger partial charge < -0.3 is 20.1 Å². The first-order chi connectivity index (χ1) is 16.7. The minimum atomic E-state index is -0.0779. The van der Waals surface area contributed by atoms with Gasteiger partial charge in [0.05, 0.1) is 11.4 Å².